The van der Waals surface area contributed by atoms with Crippen molar-refractivity contribution in [2.75, 3.05) is 12.4 Å². The van der Waals surface area contributed by atoms with Crippen LogP contribution in [0.15, 0.2) is 46.0 Å². The number of hydrogen-bond donors (Lipinski definition) is 1. The molecule has 0 amide bonds. The molecule has 0 radical (unpaired) electrons. The number of sulfone groups is 1. The molecule has 0 saturated carbocycles. The van der Waals surface area contributed by atoms with Crippen molar-refractivity contribution in [2.45, 2.75) is 17.2 Å². The molecule has 2 rings (SSSR count). The number of benzene rings is 1. The van der Waals surface area contributed by atoms with Crippen LogP contribution in [0.3, 0.4) is 0 Å². The molecule has 2 N–H and O–H groups in total. The highest BCUT2D eigenvalue weighted by Gasteiger charge is 2.14. The van der Waals surface area contributed by atoms with Crippen LogP contribution in [0.4, 0.5) is 0 Å². The van der Waals surface area contributed by atoms with E-state index in [1.165, 1.54) is 11.3 Å². The molecule has 6 heteroatoms. The third kappa shape index (κ3) is 3.82. The summed E-state index contributed by atoms with van der Waals surface area (Å²) in [5, 5.41) is 1.76. The average molecular weight is 311 g/mol. The topological polar surface area (TPSA) is 69.4 Å². The molecule has 20 heavy (non-hydrogen) atoms. The van der Waals surface area contributed by atoms with Gasteiger partial charge < -0.3 is 10.5 Å². The van der Waals surface area contributed by atoms with E-state index in [1.807, 2.05) is 24.3 Å². The van der Waals surface area contributed by atoms with Gasteiger partial charge in [-0.15, -0.1) is 11.3 Å². The Bertz CT molecular complexity index is 636. The molecule has 1 aromatic heterocycles. The summed E-state index contributed by atoms with van der Waals surface area (Å²) < 4.78 is 29.9. The van der Waals surface area contributed by atoms with Gasteiger partial charge >= 0.3 is 0 Å². The highest BCUT2D eigenvalue weighted by atomic mass is 32.2. The van der Waals surface area contributed by atoms with Crippen LogP contribution in [-0.4, -0.2) is 20.8 Å². The van der Waals surface area contributed by atoms with Crippen LogP contribution in [0.5, 0.6) is 5.75 Å². The van der Waals surface area contributed by atoms with Crippen LogP contribution in [0.25, 0.3) is 0 Å². The first-order chi connectivity index (χ1) is 9.63. The summed E-state index contributed by atoms with van der Waals surface area (Å²) in [6.07, 6.45) is 0.457. The molecule has 2 aromatic rings. The summed E-state index contributed by atoms with van der Waals surface area (Å²) >= 11 is 1.25. The van der Waals surface area contributed by atoms with E-state index in [1.54, 1.807) is 17.5 Å². The van der Waals surface area contributed by atoms with Crippen molar-refractivity contribution < 1.29 is 13.2 Å². The fraction of sp³-hybridized carbons (Fsp3) is 0.286. The minimum atomic E-state index is -3.17. The number of rotatable bonds is 7. The van der Waals surface area contributed by atoms with Gasteiger partial charge in [0.25, 0.3) is 0 Å². The lowest BCUT2D eigenvalue weighted by atomic mass is 10.2. The van der Waals surface area contributed by atoms with Gasteiger partial charge in [0.1, 0.15) is 9.96 Å². The van der Waals surface area contributed by atoms with Crippen LogP contribution in [0.2, 0.25) is 0 Å². The minimum Gasteiger partial charge on any atom is -0.493 e. The second kappa shape index (κ2) is 6.88. The standard InChI is InChI=1S/C14H17NO3S2/c15-11-12-5-1-2-6-13(12)18-8-4-10-20(16,17)14-7-3-9-19-14/h1-3,5-7,9H,4,8,10-11,15H2. The molecule has 0 atom stereocenters. The Hall–Kier alpha value is -1.37. The Morgan fingerprint density at radius 1 is 1.15 bits per heavy atom. The molecule has 4 nitrogen and oxygen atoms in total. The molecule has 0 fully saturated rings. The van der Waals surface area contributed by atoms with E-state index in [-0.39, 0.29) is 5.75 Å². The van der Waals surface area contributed by atoms with E-state index in [0.29, 0.717) is 23.8 Å². The Kier molecular flexibility index (Phi) is 5.17. The minimum absolute atomic E-state index is 0.0955. The van der Waals surface area contributed by atoms with E-state index >= 15 is 0 Å². The summed E-state index contributed by atoms with van der Waals surface area (Å²) in [7, 11) is -3.17. The zero-order valence-electron chi connectivity index (χ0n) is 11.0. The number of para-hydroxylation sites is 1. The Morgan fingerprint density at radius 2 is 1.95 bits per heavy atom. The Balaban J connectivity index is 1.85. The second-order valence-corrected chi connectivity index (χ2v) is 7.55. The van der Waals surface area contributed by atoms with Gasteiger partial charge in [0, 0.05) is 12.1 Å². The van der Waals surface area contributed by atoms with E-state index < -0.39 is 9.84 Å². The predicted molar refractivity (Wildman–Crippen MR) is 80.8 cm³/mol. The molecule has 0 aliphatic heterocycles. The van der Waals surface area contributed by atoms with Gasteiger partial charge in [0.2, 0.25) is 0 Å². The van der Waals surface area contributed by atoms with Gasteiger partial charge in [-0.2, -0.15) is 0 Å². The largest absolute Gasteiger partial charge is 0.493 e. The maximum absolute atomic E-state index is 12.0. The molecule has 0 spiro atoms. The van der Waals surface area contributed by atoms with Crippen molar-refractivity contribution in [3.63, 3.8) is 0 Å². The maximum Gasteiger partial charge on any atom is 0.187 e. The molecular weight excluding hydrogens is 294 g/mol. The van der Waals surface area contributed by atoms with E-state index in [0.717, 1.165) is 11.3 Å². The number of ether oxygens (including phenoxy) is 1. The predicted octanol–water partition coefficient (Wildman–Crippen LogP) is 2.45. The quantitative estimate of drug-likeness (QED) is 0.797. The normalized spacial score (nSPS) is 11.4. The average Bonchev–Trinajstić information content (AvgIpc) is 2.99. The van der Waals surface area contributed by atoms with Gasteiger partial charge in [0.15, 0.2) is 9.84 Å². The zero-order chi connectivity index (χ0) is 14.4. The molecule has 1 heterocycles. The fourth-order valence-corrected chi connectivity index (χ4v) is 4.22. The lowest BCUT2D eigenvalue weighted by Crippen LogP contribution is -2.10. The molecule has 108 valence electrons. The van der Waals surface area contributed by atoms with Gasteiger partial charge in [-0.3, -0.25) is 0 Å². The van der Waals surface area contributed by atoms with Crippen molar-refractivity contribution in [3.8, 4) is 5.75 Å². The first kappa shape index (κ1) is 15.0. The van der Waals surface area contributed by atoms with E-state index in [4.69, 9.17) is 10.5 Å². The van der Waals surface area contributed by atoms with Gasteiger partial charge in [-0.05, 0) is 23.9 Å². The van der Waals surface area contributed by atoms with Crippen molar-refractivity contribution in [1.29, 1.82) is 0 Å². The summed E-state index contributed by atoms with van der Waals surface area (Å²) in [6.45, 7) is 0.769. The van der Waals surface area contributed by atoms with Crippen LogP contribution in [0, 0.1) is 0 Å². The molecule has 1 aromatic carbocycles. The number of hydrogen-bond acceptors (Lipinski definition) is 5. The van der Waals surface area contributed by atoms with Crippen LogP contribution in [-0.2, 0) is 16.4 Å². The van der Waals surface area contributed by atoms with E-state index in [9.17, 15) is 8.42 Å². The fourth-order valence-electron chi connectivity index (χ4n) is 1.79. The van der Waals surface area contributed by atoms with Crippen molar-refractivity contribution in [3.05, 3.63) is 47.3 Å². The monoisotopic (exact) mass is 311 g/mol. The van der Waals surface area contributed by atoms with Crippen molar-refractivity contribution in [2.24, 2.45) is 5.73 Å². The van der Waals surface area contributed by atoms with Crippen molar-refractivity contribution >= 4 is 21.2 Å². The molecule has 0 unspecified atom stereocenters. The highest BCUT2D eigenvalue weighted by Crippen LogP contribution is 2.19. The summed E-state index contributed by atoms with van der Waals surface area (Å²) in [4.78, 5) is 0. The third-order valence-corrected chi connectivity index (χ3v) is 6.10. The smallest absolute Gasteiger partial charge is 0.187 e. The molecular formula is C14H17NO3S2. The first-order valence-electron chi connectivity index (χ1n) is 6.30. The molecule has 0 saturated heterocycles. The number of thiophene rings is 1. The van der Waals surface area contributed by atoms with Gasteiger partial charge in [0.05, 0.1) is 12.4 Å². The summed E-state index contributed by atoms with van der Waals surface area (Å²) in [6, 6.07) is 10.9. The van der Waals surface area contributed by atoms with E-state index in [2.05, 4.69) is 0 Å². The van der Waals surface area contributed by atoms with Crippen molar-refractivity contribution in [1.82, 2.24) is 0 Å². The Morgan fingerprint density at radius 3 is 2.65 bits per heavy atom. The zero-order valence-corrected chi connectivity index (χ0v) is 12.6. The van der Waals surface area contributed by atoms with Gasteiger partial charge in [-0.25, -0.2) is 8.42 Å². The summed E-state index contributed by atoms with van der Waals surface area (Å²) in [5.74, 6) is 0.821. The highest BCUT2D eigenvalue weighted by molar-refractivity contribution is 7.93. The molecule has 0 aliphatic rings. The first-order valence-corrected chi connectivity index (χ1v) is 8.84. The lowest BCUT2D eigenvalue weighted by molar-refractivity contribution is 0.314. The van der Waals surface area contributed by atoms with Crippen LogP contribution >= 0.6 is 11.3 Å². The lowest BCUT2D eigenvalue weighted by Gasteiger charge is -2.09. The third-order valence-electron chi connectivity index (χ3n) is 2.81. The van der Waals surface area contributed by atoms with Gasteiger partial charge in [-0.1, -0.05) is 24.3 Å². The second-order valence-electron chi connectivity index (χ2n) is 4.26. The maximum atomic E-state index is 12.0. The SMILES string of the molecule is NCc1ccccc1OCCCS(=O)(=O)c1cccs1. The number of nitrogens with two attached hydrogens (primary N) is 1. The summed E-state index contributed by atoms with van der Waals surface area (Å²) in [5.41, 5.74) is 6.54. The molecule has 0 aliphatic carbocycles. The Labute approximate surface area is 123 Å². The van der Waals surface area contributed by atoms with Crippen LogP contribution < -0.4 is 10.5 Å². The van der Waals surface area contributed by atoms with Crippen LogP contribution in [0.1, 0.15) is 12.0 Å². The molecule has 0 bridgehead atoms.